The standard InChI is InChI=1S/C21H18FN5O/c1-14(10-18-11-23-8-9-24-18)25-21(28)16-4-7-20-26-19(13-27(20)12-16)15-2-5-17(22)6-3-15/h2-9,11-14H,10H2,1H3,(H,25,28)/t14-/m0/s1. The molecular weight excluding hydrogens is 357 g/mol. The molecule has 7 heteroatoms. The summed E-state index contributed by atoms with van der Waals surface area (Å²) in [4.78, 5) is 25.4. The molecule has 0 saturated carbocycles. The summed E-state index contributed by atoms with van der Waals surface area (Å²) in [6, 6.07) is 9.60. The van der Waals surface area contributed by atoms with E-state index in [1.54, 1.807) is 53.5 Å². The molecule has 0 saturated heterocycles. The van der Waals surface area contributed by atoms with Crippen LogP contribution in [0.4, 0.5) is 4.39 Å². The first-order valence-corrected chi connectivity index (χ1v) is 8.89. The number of carbonyl (C=O) groups is 1. The van der Waals surface area contributed by atoms with Crippen LogP contribution in [0.15, 0.2) is 67.4 Å². The van der Waals surface area contributed by atoms with Crippen molar-refractivity contribution in [1.29, 1.82) is 0 Å². The molecule has 1 amide bonds. The van der Waals surface area contributed by atoms with Crippen LogP contribution in [-0.2, 0) is 6.42 Å². The van der Waals surface area contributed by atoms with E-state index in [2.05, 4.69) is 20.3 Å². The number of nitrogens with one attached hydrogen (secondary N) is 1. The summed E-state index contributed by atoms with van der Waals surface area (Å²) in [6.45, 7) is 1.93. The Morgan fingerprint density at radius 1 is 1.14 bits per heavy atom. The largest absolute Gasteiger partial charge is 0.349 e. The van der Waals surface area contributed by atoms with Crippen molar-refractivity contribution in [2.24, 2.45) is 0 Å². The number of amides is 1. The second-order valence-electron chi connectivity index (χ2n) is 6.59. The third-order valence-electron chi connectivity index (χ3n) is 4.36. The number of halogens is 1. The normalized spacial score (nSPS) is 12.1. The molecule has 1 atom stereocenters. The molecule has 3 aromatic heterocycles. The van der Waals surface area contributed by atoms with Crippen molar-refractivity contribution in [2.45, 2.75) is 19.4 Å². The molecule has 1 N–H and O–H groups in total. The SMILES string of the molecule is C[C@@H](Cc1cnccn1)NC(=O)c1ccc2nc(-c3ccc(F)cc3)cn2c1. The fourth-order valence-corrected chi connectivity index (χ4v) is 2.99. The van der Waals surface area contributed by atoms with Crippen LogP contribution in [0.3, 0.4) is 0 Å². The van der Waals surface area contributed by atoms with Gasteiger partial charge in [-0.05, 0) is 43.3 Å². The van der Waals surface area contributed by atoms with Crippen LogP contribution < -0.4 is 5.32 Å². The Balaban J connectivity index is 1.50. The third-order valence-corrected chi connectivity index (χ3v) is 4.36. The number of nitrogens with zero attached hydrogens (tertiary/aromatic N) is 4. The van der Waals surface area contributed by atoms with Crippen LogP contribution in [-0.4, -0.2) is 31.3 Å². The van der Waals surface area contributed by atoms with E-state index in [0.29, 0.717) is 23.3 Å². The lowest BCUT2D eigenvalue weighted by Gasteiger charge is -2.13. The minimum Gasteiger partial charge on any atom is -0.349 e. The fraction of sp³-hybridized carbons (Fsp3) is 0.143. The summed E-state index contributed by atoms with van der Waals surface area (Å²) in [5, 5.41) is 2.97. The minimum absolute atomic E-state index is 0.0857. The number of imidazole rings is 1. The Morgan fingerprint density at radius 3 is 2.71 bits per heavy atom. The summed E-state index contributed by atoms with van der Waals surface area (Å²) in [7, 11) is 0. The second kappa shape index (κ2) is 7.56. The molecule has 140 valence electrons. The first-order chi connectivity index (χ1) is 13.6. The van der Waals surface area contributed by atoms with Crippen LogP contribution in [0.2, 0.25) is 0 Å². The van der Waals surface area contributed by atoms with Crippen LogP contribution in [0.5, 0.6) is 0 Å². The molecule has 4 rings (SSSR count). The molecule has 28 heavy (non-hydrogen) atoms. The van der Waals surface area contributed by atoms with Gasteiger partial charge in [-0.2, -0.15) is 0 Å². The Morgan fingerprint density at radius 2 is 1.96 bits per heavy atom. The van der Waals surface area contributed by atoms with Gasteiger partial charge in [0.05, 0.1) is 17.0 Å². The zero-order valence-electron chi connectivity index (χ0n) is 15.2. The smallest absolute Gasteiger partial charge is 0.252 e. The van der Waals surface area contributed by atoms with E-state index >= 15 is 0 Å². The maximum absolute atomic E-state index is 13.1. The van der Waals surface area contributed by atoms with Crippen molar-refractivity contribution in [3.8, 4) is 11.3 Å². The van der Waals surface area contributed by atoms with Crippen LogP contribution >= 0.6 is 0 Å². The maximum atomic E-state index is 13.1. The molecule has 0 unspecified atom stereocenters. The highest BCUT2D eigenvalue weighted by molar-refractivity contribution is 5.94. The highest BCUT2D eigenvalue weighted by Crippen LogP contribution is 2.20. The van der Waals surface area contributed by atoms with Gasteiger partial charge in [-0.1, -0.05) is 0 Å². The van der Waals surface area contributed by atoms with E-state index in [4.69, 9.17) is 0 Å². The lowest BCUT2D eigenvalue weighted by atomic mass is 10.1. The molecule has 0 aliphatic rings. The molecule has 1 aromatic carbocycles. The van der Waals surface area contributed by atoms with Crippen molar-refractivity contribution in [3.05, 3.63) is 84.5 Å². The first kappa shape index (κ1) is 17.8. The highest BCUT2D eigenvalue weighted by Gasteiger charge is 2.13. The van der Waals surface area contributed by atoms with Crippen LogP contribution in [0.25, 0.3) is 16.9 Å². The predicted molar refractivity (Wildman–Crippen MR) is 103 cm³/mol. The Labute approximate surface area is 161 Å². The third kappa shape index (κ3) is 3.88. The quantitative estimate of drug-likeness (QED) is 0.581. The van der Waals surface area contributed by atoms with Crippen molar-refractivity contribution >= 4 is 11.6 Å². The van der Waals surface area contributed by atoms with E-state index in [-0.39, 0.29) is 17.8 Å². The number of pyridine rings is 1. The molecule has 0 radical (unpaired) electrons. The maximum Gasteiger partial charge on any atom is 0.252 e. The molecule has 0 fully saturated rings. The van der Waals surface area contributed by atoms with E-state index in [1.165, 1.54) is 12.1 Å². The molecule has 0 aliphatic carbocycles. The number of rotatable bonds is 5. The second-order valence-corrected chi connectivity index (χ2v) is 6.59. The molecule has 0 spiro atoms. The number of hydrogen-bond donors (Lipinski definition) is 1. The van der Waals surface area contributed by atoms with Gasteiger partial charge in [0.25, 0.3) is 5.91 Å². The molecule has 6 nitrogen and oxygen atoms in total. The molecular formula is C21H18FN5O. The predicted octanol–water partition coefficient (Wildman–Crippen LogP) is 3.29. The van der Waals surface area contributed by atoms with Gasteiger partial charge >= 0.3 is 0 Å². The van der Waals surface area contributed by atoms with E-state index < -0.39 is 0 Å². The molecule has 4 aromatic rings. The number of hydrogen-bond acceptors (Lipinski definition) is 4. The summed E-state index contributed by atoms with van der Waals surface area (Å²) in [6.07, 6.45) is 9.10. The van der Waals surface area contributed by atoms with Gasteiger partial charge < -0.3 is 9.72 Å². The zero-order valence-corrected chi connectivity index (χ0v) is 15.2. The van der Waals surface area contributed by atoms with Crippen molar-refractivity contribution in [3.63, 3.8) is 0 Å². The average Bonchev–Trinajstić information content (AvgIpc) is 3.12. The van der Waals surface area contributed by atoms with Gasteiger partial charge in [0.1, 0.15) is 11.5 Å². The van der Waals surface area contributed by atoms with Gasteiger partial charge in [-0.25, -0.2) is 9.37 Å². The summed E-state index contributed by atoms with van der Waals surface area (Å²) < 4.78 is 14.9. The van der Waals surface area contributed by atoms with Gasteiger partial charge in [0.15, 0.2) is 0 Å². The summed E-state index contributed by atoms with van der Waals surface area (Å²) in [5.74, 6) is -0.461. The van der Waals surface area contributed by atoms with Crippen molar-refractivity contribution in [2.75, 3.05) is 0 Å². The zero-order chi connectivity index (χ0) is 19.5. The monoisotopic (exact) mass is 375 g/mol. The summed E-state index contributed by atoms with van der Waals surface area (Å²) >= 11 is 0. The number of carbonyl (C=O) groups excluding carboxylic acids is 1. The highest BCUT2D eigenvalue weighted by atomic mass is 19.1. The number of aromatic nitrogens is 4. The minimum atomic E-state index is -0.290. The lowest BCUT2D eigenvalue weighted by molar-refractivity contribution is 0.0939. The van der Waals surface area contributed by atoms with Gasteiger partial charge in [-0.3, -0.25) is 14.8 Å². The fourth-order valence-electron chi connectivity index (χ4n) is 2.99. The molecule has 3 heterocycles. The van der Waals surface area contributed by atoms with Gasteiger partial charge in [0, 0.05) is 49.0 Å². The van der Waals surface area contributed by atoms with Crippen LogP contribution in [0, 0.1) is 5.82 Å². The summed E-state index contributed by atoms with van der Waals surface area (Å²) in [5.41, 5.74) is 3.59. The number of benzene rings is 1. The topological polar surface area (TPSA) is 72.2 Å². The Bertz CT molecular complexity index is 1110. The van der Waals surface area contributed by atoms with E-state index in [0.717, 1.165) is 11.3 Å². The lowest BCUT2D eigenvalue weighted by Crippen LogP contribution is -2.34. The average molecular weight is 375 g/mol. The first-order valence-electron chi connectivity index (χ1n) is 8.89. The Hall–Kier alpha value is -3.61. The van der Waals surface area contributed by atoms with E-state index in [9.17, 15) is 9.18 Å². The van der Waals surface area contributed by atoms with E-state index in [1.807, 2.05) is 13.1 Å². The number of fused-ring (bicyclic) bond motifs is 1. The van der Waals surface area contributed by atoms with Gasteiger partial charge in [-0.15, -0.1) is 0 Å². The van der Waals surface area contributed by atoms with Gasteiger partial charge in [0.2, 0.25) is 0 Å². The Kier molecular flexibility index (Phi) is 4.80. The van der Waals surface area contributed by atoms with Crippen molar-refractivity contribution < 1.29 is 9.18 Å². The molecule has 0 bridgehead atoms. The van der Waals surface area contributed by atoms with Crippen molar-refractivity contribution in [1.82, 2.24) is 24.7 Å². The van der Waals surface area contributed by atoms with Crippen LogP contribution in [0.1, 0.15) is 23.0 Å². The molecule has 0 aliphatic heterocycles.